The fourth-order valence-electron chi connectivity index (χ4n) is 2.08. The topological polar surface area (TPSA) is 52.6 Å². The smallest absolute Gasteiger partial charge is 0.422 e. The summed E-state index contributed by atoms with van der Waals surface area (Å²) >= 11 is 10.8. The van der Waals surface area contributed by atoms with Crippen LogP contribution in [0.5, 0.6) is 5.75 Å². The van der Waals surface area contributed by atoms with Crippen LogP contribution in [0, 0.1) is 0 Å². The molecule has 0 radical (unpaired) electrons. The second-order valence-electron chi connectivity index (χ2n) is 4.40. The van der Waals surface area contributed by atoms with Gasteiger partial charge in [0.2, 0.25) is 0 Å². The molecular weight excluding hydrogens is 334 g/mol. The third-order valence-corrected chi connectivity index (χ3v) is 3.85. The van der Waals surface area contributed by atoms with Gasteiger partial charge in [0.15, 0.2) is 0 Å². The molecule has 4 nitrogen and oxygen atoms in total. The van der Waals surface area contributed by atoms with Gasteiger partial charge >= 0.3 is 6.07 Å². The van der Waals surface area contributed by atoms with E-state index in [0.717, 1.165) is 22.6 Å². The summed E-state index contributed by atoms with van der Waals surface area (Å²) in [6.07, 6.45) is -2.77. The lowest BCUT2D eigenvalue weighted by Crippen LogP contribution is -2.01. The molecule has 0 unspecified atom stereocenters. The molecule has 0 spiro atoms. The average Bonchev–Trinajstić information content (AvgIpc) is 2.42. The molecule has 7 heteroatoms. The second-order valence-corrected chi connectivity index (χ2v) is 8.60. The van der Waals surface area contributed by atoms with Crippen LogP contribution in [0.2, 0.25) is 0 Å². The van der Waals surface area contributed by atoms with E-state index < -0.39 is 6.07 Å². The molecule has 0 fully saturated rings. The van der Waals surface area contributed by atoms with Crippen molar-refractivity contribution in [1.82, 2.24) is 0 Å². The number of aldehydes is 1. The van der Waals surface area contributed by atoms with Crippen molar-refractivity contribution in [3.63, 3.8) is 0 Å². The average molecular weight is 347 g/mol. The SMILES string of the molecule is CO[C@@H](CC=O)c1ccc2cc(OP(=O)(Cl)Cl)ccc2c1. The van der Waals surface area contributed by atoms with Gasteiger partial charge in [-0.15, -0.1) is 0 Å². The molecule has 0 aliphatic carbocycles. The Morgan fingerprint density at radius 3 is 2.48 bits per heavy atom. The summed E-state index contributed by atoms with van der Waals surface area (Å²) in [5, 5.41) is 1.81. The van der Waals surface area contributed by atoms with E-state index >= 15 is 0 Å². The first-order valence-electron chi connectivity index (χ1n) is 6.12. The van der Waals surface area contributed by atoms with Gasteiger partial charge in [-0.25, -0.2) is 4.57 Å². The number of rotatable bonds is 6. The molecule has 0 saturated heterocycles. The molecule has 2 aromatic rings. The molecule has 0 aromatic heterocycles. The summed E-state index contributed by atoms with van der Waals surface area (Å²) in [4.78, 5) is 10.6. The summed E-state index contributed by atoms with van der Waals surface area (Å²) in [6, 6.07) is 10.8. The molecule has 112 valence electrons. The highest BCUT2D eigenvalue weighted by Gasteiger charge is 2.16. The van der Waals surface area contributed by atoms with Crippen molar-refractivity contribution >= 4 is 45.6 Å². The van der Waals surface area contributed by atoms with E-state index in [4.69, 9.17) is 31.7 Å². The third-order valence-electron chi connectivity index (χ3n) is 3.01. The Bertz CT molecular complexity index is 698. The summed E-state index contributed by atoms with van der Waals surface area (Å²) < 4.78 is 21.5. The van der Waals surface area contributed by atoms with Gasteiger partial charge in [0.1, 0.15) is 12.0 Å². The summed E-state index contributed by atoms with van der Waals surface area (Å²) in [7, 11) is 1.56. The maximum atomic E-state index is 11.2. The Morgan fingerprint density at radius 1 is 1.19 bits per heavy atom. The number of halogens is 2. The van der Waals surface area contributed by atoms with Crippen LogP contribution in [-0.2, 0) is 14.1 Å². The zero-order chi connectivity index (χ0) is 15.5. The van der Waals surface area contributed by atoms with Crippen LogP contribution in [0.25, 0.3) is 10.8 Å². The van der Waals surface area contributed by atoms with Crippen molar-refractivity contribution in [3.8, 4) is 5.75 Å². The number of ether oxygens (including phenoxy) is 1. The Balaban J connectivity index is 2.35. The van der Waals surface area contributed by atoms with Crippen molar-refractivity contribution in [2.24, 2.45) is 0 Å². The van der Waals surface area contributed by atoms with Crippen molar-refractivity contribution < 1.29 is 18.6 Å². The van der Waals surface area contributed by atoms with Crippen molar-refractivity contribution in [2.75, 3.05) is 7.11 Å². The number of fused-ring (bicyclic) bond motifs is 1. The second kappa shape index (κ2) is 6.80. The molecular formula is C14H13Cl2O4P. The molecule has 0 aliphatic heterocycles. The third kappa shape index (κ3) is 4.45. The first-order valence-corrected chi connectivity index (χ1v) is 9.55. The largest absolute Gasteiger partial charge is 0.428 e. The van der Waals surface area contributed by atoms with Crippen molar-refractivity contribution in [3.05, 3.63) is 42.0 Å². The molecule has 1 atom stereocenters. The molecule has 2 aromatic carbocycles. The highest BCUT2D eigenvalue weighted by atomic mass is 35.9. The molecule has 0 heterocycles. The fraction of sp³-hybridized carbons (Fsp3) is 0.214. The molecule has 2 rings (SSSR count). The Morgan fingerprint density at radius 2 is 1.86 bits per heavy atom. The summed E-state index contributed by atoms with van der Waals surface area (Å²) in [5.74, 6) is 0.333. The fourth-order valence-corrected chi connectivity index (χ4v) is 2.91. The van der Waals surface area contributed by atoms with E-state index in [1.165, 1.54) is 0 Å². The Kier molecular flexibility index (Phi) is 5.28. The molecule has 21 heavy (non-hydrogen) atoms. The normalized spacial score (nSPS) is 13.1. The quantitative estimate of drug-likeness (QED) is 0.540. The van der Waals surface area contributed by atoms with Gasteiger partial charge in [-0.1, -0.05) is 18.2 Å². The Hall–Kier alpha value is -1.06. The predicted molar refractivity (Wildman–Crippen MR) is 84.3 cm³/mol. The van der Waals surface area contributed by atoms with Gasteiger partial charge in [0.05, 0.1) is 6.10 Å². The number of hydrogen-bond acceptors (Lipinski definition) is 4. The maximum absolute atomic E-state index is 11.2. The Labute approximate surface area is 132 Å². The van der Waals surface area contributed by atoms with Gasteiger partial charge in [0.25, 0.3) is 0 Å². The minimum absolute atomic E-state index is 0.270. The minimum Gasteiger partial charge on any atom is -0.422 e. The van der Waals surface area contributed by atoms with E-state index in [2.05, 4.69) is 0 Å². The van der Waals surface area contributed by atoms with E-state index in [0.29, 0.717) is 12.2 Å². The highest BCUT2D eigenvalue weighted by Crippen LogP contribution is 2.57. The first-order chi connectivity index (χ1) is 9.93. The van der Waals surface area contributed by atoms with Crippen LogP contribution in [0.4, 0.5) is 0 Å². The van der Waals surface area contributed by atoms with Gasteiger partial charge in [0, 0.05) is 36.0 Å². The summed E-state index contributed by atoms with van der Waals surface area (Å²) in [5.41, 5.74) is 0.908. The molecule has 0 saturated carbocycles. The maximum Gasteiger partial charge on any atom is 0.428 e. The lowest BCUT2D eigenvalue weighted by atomic mass is 10.0. The first kappa shape index (κ1) is 16.3. The standard InChI is InChI=1S/C14H13Cl2O4P/c1-19-14(6-7-17)12-3-2-11-9-13(20-21(15,16)18)5-4-10(11)8-12/h2-5,7-9,14H,6H2,1H3/t14-/m0/s1. The molecule has 0 N–H and O–H groups in total. The lowest BCUT2D eigenvalue weighted by molar-refractivity contribution is -0.110. The van der Waals surface area contributed by atoms with Crippen LogP contribution in [-0.4, -0.2) is 13.4 Å². The number of benzene rings is 2. The van der Waals surface area contributed by atoms with Gasteiger partial charge in [-0.2, -0.15) is 0 Å². The number of carbonyl (C=O) groups excluding carboxylic acids is 1. The molecule has 0 bridgehead atoms. The molecule has 0 amide bonds. The van der Waals surface area contributed by atoms with E-state index in [1.807, 2.05) is 18.2 Å². The van der Waals surface area contributed by atoms with E-state index in [1.54, 1.807) is 25.3 Å². The zero-order valence-electron chi connectivity index (χ0n) is 11.2. The molecule has 0 aliphatic rings. The van der Waals surface area contributed by atoms with E-state index in [-0.39, 0.29) is 6.10 Å². The van der Waals surface area contributed by atoms with E-state index in [9.17, 15) is 9.36 Å². The van der Waals surface area contributed by atoms with Crippen molar-refractivity contribution in [1.29, 1.82) is 0 Å². The zero-order valence-corrected chi connectivity index (χ0v) is 13.6. The van der Waals surface area contributed by atoms with Crippen LogP contribution in [0.1, 0.15) is 18.1 Å². The number of hydrogen-bond donors (Lipinski definition) is 0. The van der Waals surface area contributed by atoms with Crippen LogP contribution >= 0.6 is 28.6 Å². The number of carbonyl (C=O) groups is 1. The van der Waals surface area contributed by atoms with Gasteiger partial charge in [-0.05, 0) is 34.5 Å². The van der Waals surface area contributed by atoms with Gasteiger partial charge < -0.3 is 14.1 Å². The van der Waals surface area contributed by atoms with Crippen LogP contribution in [0.15, 0.2) is 36.4 Å². The predicted octanol–water partition coefficient (Wildman–Crippen LogP) is 5.08. The van der Waals surface area contributed by atoms with Gasteiger partial charge in [-0.3, -0.25) is 0 Å². The lowest BCUT2D eigenvalue weighted by Gasteiger charge is -2.14. The van der Waals surface area contributed by atoms with Crippen molar-refractivity contribution in [2.45, 2.75) is 12.5 Å². The minimum atomic E-state index is -3.62. The monoisotopic (exact) mass is 346 g/mol. The number of methoxy groups -OCH3 is 1. The highest BCUT2D eigenvalue weighted by molar-refractivity contribution is 8.05. The van der Waals surface area contributed by atoms with Crippen LogP contribution < -0.4 is 4.52 Å². The van der Waals surface area contributed by atoms with Crippen LogP contribution in [0.3, 0.4) is 0 Å². The summed E-state index contributed by atoms with van der Waals surface area (Å²) in [6.45, 7) is 0.